The van der Waals surface area contributed by atoms with E-state index >= 15 is 0 Å². The summed E-state index contributed by atoms with van der Waals surface area (Å²) in [5.74, 6) is -0.366. The molecular formula is C19H30Cl2N4O3. The Morgan fingerprint density at radius 3 is 2.68 bits per heavy atom. The predicted octanol–water partition coefficient (Wildman–Crippen LogP) is 1.69. The lowest BCUT2D eigenvalue weighted by atomic mass is 9.91. The topological polar surface area (TPSA) is 96.7 Å². The third kappa shape index (κ3) is 5.58. The summed E-state index contributed by atoms with van der Waals surface area (Å²) in [5.41, 5.74) is 6.52. The lowest BCUT2D eigenvalue weighted by Crippen LogP contribution is -2.51. The number of primary amides is 1. The van der Waals surface area contributed by atoms with E-state index < -0.39 is 5.60 Å². The Morgan fingerprint density at radius 1 is 1.32 bits per heavy atom. The van der Waals surface area contributed by atoms with Crippen LogP contribution in [-0.2, 0) is 20.9 Å². The minimum absolute atomic E-state index is 0. The van der Waals surface area contributed by atoms with E-state index in [-0.39, 0.29) is 42.7 Å². The highest BCUT2D eigenvalue weighted by molar-refractivity contribution is 5.97. The molecule has 0 aliphatic carbocycles. The zero-order valence-electron chi connectivity index (χ0n) is 16.1. The first-order valence-corrected chi connectivity index (χ1v) is 9.24. The van der Waals surface area contributed by atoms with Crippen LogP contribution >= 0.6 is 24.8 Å². The first-order valence-electron chi connectivity index (χ1n) is 9.24. The Bertz CT molecular complexity index is 668. The maximum absolute atomic E-state index is 12.8. The van der Waals surface area contributed by atoms with Gasteiger partial charge < -0.3 is 21.1 Å². The van der Waals surface area contributed by atoms with Crippen LogP contribution in [0.25, 0.3) is 0 Å². The summed E-state index contributed by atoms with van der Waals surface area (Å²) in [7, 11) is 1.60. The molecule has 9 heteroatoms. The van der Waals surface area contributed by atoms with E-state index in [4.69, 9.17) is 10.5 Å². The number of piperidine rings is 1. The maximum Gasteiger partial charge on any atom is 0.256 e. The van der Waals surface area contributed by atoms with Crippen LogP contribution < -0.4 is 16.4 Å². The number of anilines is 1. The molecule has 2 saturated heterocycles. The Kier molecular flexibility index (Phi) is 9.66. The first kappa shape index (κ1) is 24.7. The minimum atomic E-state index is -0.771. The van der Waals surface area contributed by atoms with Gasteiger partial charge in [-0.15, -0.1) is 24.8 Å². The van der Waals surface area contributed by atoms with Gasteiger partial charge >= 0.3 is 0 Å². The SMILES string of the molecule is COC1(C(=O)Nc2cccc(CN3CCCC3C(N)=O)c2)CCNCC1.Cl.Cl. The lowest BCUT2D eigenvalue weighted by Gasteiger charge is -2.34. The number of amides is 2. The maximum atomic E-state index is 12.8. The number of nitrogens with one attached hydrogen (secondary N) is 2. The van der Waals surface area contributed by atoms with Crippen molar-refractivity contribution in [2.45, 2.75) is 43.9 Å². The molecule has 2 fully saturated rings. The van der Waals surface area contributed by atoms with Crippen molar-refractivity contribution in [2.75, 3.05) is 32.1 Å². The molecule has 0 radical (unpaired) electrons. The summed E-state index contributed by atoms with van der Waals surface area (Å²) >= 11 is 0. The number of hydrogen-bond acceptors (Lipinski definition) is 5. The van der Waals surface area contributed by atoms with Crippen LogP contribution in [0.3, 0.4) is 0 Å². The fourth-order valence-electron chi connectivity index (χ4n) is 3.92. The summed E-state index contributed by atoms with van der Waals surface area (Å²) in [6.45, 7) is 3.05. The van der Waals surface area contributed by atoms with Gasteiger partial charge in [0, 0.05) is 19.3 Å². The molecule has 2 amide bonds. The molecule has 158 valence electrons. The number of carbonyl (C=O) groups is 2. The van der Waals surface area contributed by atoms with Crippen molar-refractivity contribution < 1.29 is 14.3 Å². The highest BCUT2D eigenvalue weighted by Gasteiger charge is 2.39. The van der Waals surface area contributed by atoms with E-state index in [2.05, 4.69) is 15.5 Å². The zero-order chi connectivity index (χ0) is 18.6. The summed E-state index contributed by atoms with van der Waals surface area (Å²) in [4.78, 5) is 26.4. The molecule has 28 heavy (non-hydrogen) atoms. The number of nitrogens with zero attached hydrogens (tertiary/aromatic N) is 1. The number of halogens is 2. The zero-order valence-corrected chi connectivity index (χ0v) is 17.7. The highest BCUT2D eigenvalue weighted by atomic mass is 35.5. The summed E-state index contributed by atoms with van der Waals surface area (Å²) < 4.78 is 5.58. The van der Waals surface area contributed by atoms with Crippen molar-refractivity contribution in [1.29, 1.82) is 0 Å². The monoisotopic (exact) mass is 432 g/mol. The van der Waals surface area contributed by atoms with Gasteiger partial charge in [0.1, 0.15) is 5.60 Å². The molecule has 2 aliphatic rings. The number of hydrogen-bond donors (Lipinski definition) is 3. The average Bonchev–Trinajstić information content (AvgIpc) is 3.11. The van der Waals surface area contributed by atoms with Gasteiger partial charge in [-0.3, -0.25) is 14.5 Å². The minimum Gasteiger partial charge on any atom is -0.368 e. The van der Waals surface area contributed by atoms with E-state index in [9.17, 15) is 9.59 Å². The Labute approximate surface area is 178 Å². The third-order valence-electron chi connectivity index (χ3n) is 5.48. The highest BCUT2D eigenvalue weighted by Crippen LogP contribution is 2.25. The van der Waals surface area contributed by atoms with E-state index in [1.807, 2.05) is 24.3 Å². The van der Waals surface area contributed by atoms with Crippen LogP contribution in [0.2, 0.25) is 0 Å². The number of likely N-dealkylation sites (tertiary alicyclic amines) is 1. The number of benzene rings is 1. The van der Waals surface area contributed by atoms with Crippen molar-refractivity contribution in [1.82, 2.24) is 10.2 Å². The van der Waals surface area contributed by atoms with Gasteiger partial charge in [0.25, 0.3) is 5.91 Å². The molecule has 3 rings (SSSR count). The molecule has 4 N–H and O–H groups in total. The van der Waals surface area contributed by atoms with Crippen LogP contribution in [0, 0.1) is 0 Å². The van der Waals surface area contributed by atoms with Crippen LogP contribution in [-0.4, -0.2) is 55.1 Å². The van der Waals surface area contributed by atoms with Crippen molar-refractivity contribution >= 4 is 42.3 Å². The van der Waals surface area contributed by atoms with Crippen LogP contribution in [0.5, 0.6) is 0 Å². The molecule has 1 aromatic rings. The predicted molar refractivity (Wildman–Crippen MR) is 114 cm³/mol. The molecule has 2 aliphatic heterocycles. The molecular weight excluding hydrogens is 403 g/mol. The average molecular weight is 433 g/mol. The van der Waals surface area contributed by atoms with Crippen molar-refractivity contribution in [2.24, 2.45) is 5.73 Å². The van der Waals surface area contributed by atoms with Crippen molar-refractivity contribution in [3.05, 3.63) is 29.8 Å². The summed E-state index contributed by atoms with van der Waals surface area (Å²) in [6, 6.07) is 7.56. The van der Waals surface area contributed by atoms with Crippen molar-refractivity contribution in [3.8, 4) is 0 Å². The Balaban J connectivity index is 0.00000196. The fourth-order valence-corrected chi connectivity index (χ4v) is 3.92. The summed E-state index contributed by atoms with van der Waals surface area (Å²) in [6.07, 6.45) is 3.11. The normalized spacial score (nSPS) is 21.2. The Morgan fingerprint density at radius 2 is 2.04 bits per heavy atom. The van der Waals surface area contributed by atoms with Gasteiger partial charge in [-0.2, -0.15) is 0 Å². The van der Waals surface area contributed by atoms with E-state index in [1.54, 1.807) is 7.11 Å². The van der Waals surface area contributed by atoms with Gasteiger partial charge in [-0.1, -0.05) is 12.1 Å². The first-order chi connectivity index (χ1) is 12.5. The molecule has 1 unspecified atom stereocenters. The molecule has 0 saturated carbocycles. The number of ether oxygens (including phenoxy) is 1. The number of nitrogens with two attached hydrogens (primary N) is 1. The standard InChI is InChI=1S/C19H28N4O3.2ClH/c1-26-19(7-9-21-10-8-19)18(25)22-15-5-2-4-14(12-15)13-23-11-3-6-16(23)17(20)24;;/h2,4-5,12,16,21H,3,6-11,13H2,1H3,(H2,20,24)(H,22,25);2*1H. The molecule has 0 aromatic heterocycles. The largest absolute Gasteiger partial charge is 0.368 e. The number of rotatable bonds is 6. The number of methoxy groups -OCH3 is 1. The van der Waals surface area contributed by atoms with Gasteiger partial charge in [0.05, 0.1) is 6.04 Å². The van der Waals surface area contributed by atoms with Crippen LogP contribution in [0.1, 0.15) is 31.2 Å². The fraction of sp³-hybridized carbons (Fsp3) is 0.579. The van der Waals surface area contributed by atoms with Crippen LogP contribution in [0.4, 0.5) is 5.69 Å². The molecule has 0 bridgehead atoms. The van der Waals surface area contributed by atoms with E-state index in [0.717, 1.165) is 43.7 Å². The quantitative estimate of drug-likeness (QED) is 0.635. The molecule has 1 atom stereocenters. The van der Waals surface area contributed by atoms with Gasteiger partial charge in [-0.25, -0.2) is 0 Å². The smallest absolute Gasteiger partial charge is 0.256 e. The molecule has 2 heterocycles. The Hall–Kier alpha value is -1.38. The lowest BCUT2D eigenvalue weighted by molar-refractivity contribution is -0.140. The van der Waals surface area contributed by atoms with Gasteiger partial charge in [0.2, 0.25) is 5.91 Å². The van der Waals surface area contributed by atoms with Crippen LogP contribution in [0.15, 0.2) is 24.3 Å². The number of carbonyl (C=O) groups excluding carboxylic acids is 2. The molecule has 7 nitrogen and oxygen atoms in total. The second kappa shape index (κ2) is 11.0. The molecule has 0 spiro atoms. The van der Waals surface area contributed by atoms with Gasteiger partial charge in [-0.05, 0) is 63.0 Å². The van der Waals surface area contributed by atoms with E-state index in [1.165, 1.54) is 0 Å². The van der Waals surface area contributed by atoms with Crippen molar-refractivity contribution in [3.63, 3.8) is 0 Å². The van der Waals surface area contributed by atoms with Gasteiger partial charge in [0.15, 0.2) is 0 Å². The second-order valence-corrected chi connectivity index (χ2v) is 7.13. The third-order valence-corrected chi connectivity index (χ3v) is 5.48. The van der Waals surface area contributed by atoms with E-state index in [0.29, 0.717) is 19.4 Å². The second-order valence-electron chi connectivity index (χ2n) is 7.13. The summed E-state index contributed by atoms with van der Waals surface area (Å²) in [5, 5.41) is 6.25. The molecule has 1 aromatic carbocycles.